The number of aromatic nitrogens is 3. The summed E-state index contributed by atoms with van der Waals surface area (Å²) in [4.78, 5) is 14.3. The molecule has 1 aromatic heterocycles. The molecule has 0 N–H and O–H groups in total. The van der Waals surface area contributed by atoms with Crippen LogP contribution in [0, 0.1) is 5.82 Å². The Morgan fingerprint density at radius 2 is 1.75 bits per heavy atom. The fourth-order valence-electron chi connectivity index (χ4n) is 2.03. The summed E-state index contributed by atoms with van der Waals surface area (Å²) >= 11 is 5.89. The Morgan fingerprint density at radius 1 is 1.05 bits per heavy atom. The first kappa shape index (κ1) is 13.1. The second-order valence-corrected chi connectivity index (χ2v) is 4.78. The van der Waals surface area contributed by atoms with Gasteiger partial charge in [0.25, 0.3) is 0 Å². The van der Waals surface area contributed by atoms with Gasteiger partial charge < -0.3 is 9.64 Å². The predicted octanol–water partition coefficient (Wildman–Crippen LogP) is 3.06. The van der Waals surface area contributed by atoms with E-state index in [0.717, 1.165) is 25.9 Å². The van der Waals surface area contributed by atoms with Gasteiger partial charge in [0.15, 0.2) is 0 Å². The van der Waals surface area contributed by atoms with Crippen LogP contribution in [0.1, 0.15) is 12.8 Å². The van der Waals surface area contributed by atoms with Gasteiger partial charge in [0.2, 0.25) is 11.2 Å². The minimum absolute atomic E-state index is 0.0824. The number of benzene rings is 1. The van der Waals surface area contributed by atoms with E-state index in [1.165, 1.54) is 24.3 Å². The maximum absolute atomic E-state index is 12.8. The summed E-state index contributed by atoms with van der Waals surface area (Å²) in [7, 11) is 0. The fraction of sp³-hybridized carbons (Fsp3) is 0.308. The molecule has 0 saturated carbocycles. The highest BCUT2D eigenvalue weighted by molar-refractivity contribution is 6.28. The lowest BCUT2D eigenvalue weighted by atomic mass is 10.3. The van der Waals surface area contributed by atoms with Gasteiger partial charge in [-0.3, -0.25) is 0 Å². The smallest absolute Gasteiger partial charge is 0.328 e. The molecule has 2 heterocycles. The first-order valence-corrected chi connectivity index (χ1v) is 6.68. The summed E-state index contributed by atoms with van der Waals surface area (Å²) < 4.78 is 18.3. The molecular formula is C13H12ClFN4O. The lowest BCUT2D eigenvalue weighted by Gasteiger charge is -2.15. The molecule has 104 valence electrons. The summed E-state index contributed by atoms with van der Waals surface area (Å²) in [6.07, 6.45) is 2.22. The molecule has 0 bridgehead atoms. The average molecular weight is 295 g/mol. The quantitative estimate of drug-likeness (QED) is 0.871. The average Bonchev–Trinajstić information content (AvgIpc) is 2.95. The van der Waals surface area contributed by atoms with Crippen molar-refractivity contribution in [2.75, 3.05) is 18.0 Å². The maximum atomic E-state index is 12.8. The summed E-state index contributed by atoms with van der Waals surface area (Å²) in [5.74, 6) is 0.629. The van der Waals surface area contributed by atoms with Gasteiger partial charge in [-0.15, -0.1) is 0 Å². The highest BCUT2D eigenvalue weighted by Gasteiger charge is 2.17. The second kappa shape index (κ2) is 5.58. The van der Waals surface area contributed by atoms with Gasteiger partial charge in [-0.05, 0) is 48.7 Å². The van der Waals surface area contributed by atoms with E-state index >= 15 is 0 Å². The van der Waals surface area contributed by atoms with Crippen LogP contribution in [0.3, 0.4) is 0 Å². The minimum Gasteiger partial charge on any atom is -0.424 e. The van der Waals surface area contributed by atoms with Crippen molar-refractivity contribution in [2.24, 2.45) is 0 Å². The maximum Gasteiger partial charge on any atom is 0.328 e. The Hall–Kier alpha value is -1.95. The van der Waals surface area contributed by atoms with Crippen LogP contribution in [0.25, 0.3) is 0 Å². The third kappa shape index (κ3) is 2.96. The Balaban J connectivity index is 1.83. The van der Waals surface area contributed by atoms with Gasteiger partial charge in [0.1, 0.15) is 11.6 Å². The Bertz CT molecular complexity index is 602. The Morgan fingerprint density at radius 3 is 2.45 bits per heavy atom. The molecule has 1 fully saturated rings. The molecule has 7 heteroatoms. The summed E-state index contributed by atoms with van der Waals surface area (Å²) in [5.41, 5.74) is 0. The van der Waals surface area contributed by atoms with Gasteiger partial charge >= 0.3 is 6.01 Å². The summed E-state index contributed by atoms with van der Waals surface area (Å²) in [6.45, 7) is 1.80. The monoisotopic (exact) mass is 294 g/mol. The number of anilines is 1. The number of ether oxygens (including phenoxy) is 1. The molecule has 1 aromatic carbocycles. The molecule has 3 rings (SSSR count). The van der Waals surface area contributed by atoms with Crippen LogP contribution in [0.2, 0.25) is 5.28 Å². The topological polar surface area (TPSA) is 51.1 Å². The first-order chi connectivity index (χ1) is 9.70. The van der Waals surface area contributed by atoms with Crippen molar-refractivity contribution in [2.45, 2.75) is 12.8 Å². The zero-order valence-corrected chi connectivity index (χ0v) is 11.3. The number of rotatable bonds is 3. The molecule has 2 aromatic rings. The summed E-state index contributed by atoms with van der Waals surface area (Å²) in [5, 5.41) is 0.0824. The minimum atomic E-state index is -0.330. The van der Waals surface area contributed by atoms with Crippen LogP contribution in [0.4, 0.5) is 10.3 Å². The van der Waals surface area contributed by atoms with Crippen molar-refractivity contribution in [1.82, 2.24) is 15.0 Å². The number of hydrogen-bond donors (Lipinski definition) is 0. The molecule has 0 radical (unpaired) electrons. The van der Waals surface area contributed by atoms with Gasteiger partial charge in [-0.1, -0.05) is 0 Å². The zero-order valence-electron chi connectivity index (χ0n) is 10.6. The molecule has 1 saturated heterocycles. The normalized spacial score (nSPS) is 14.6. The molecule has 0 aliphatic carbocycles. The largest absolute Gasteiger partial charge is 0.424 e. The van der Waals surface area contributed by atoms with Crippen LogP contribution < -0.4 is 9.64 Å². The van der Waals surface area contributed by atoms with Gasteiger partial charge in [0, 0.05) is 13.1 Å². The highest BCUT2D eigenvalue weighted by Crippen LogP contribution is 2.23. The van der Waals surface area contributed by atoms with E-state index in [1.54, 1.807) is 0 Å². The molecule has 20 heavy (non-hydrogen) atoms. The number of nitrogens with zero attached hydrogens (tertiary/aromatic N) is 4. The van der Waals surface area contributed by atoms with Gasteiger partial charge in [0.05, 0.1) is 0 Å². The van der Waals surface area contributed by atoms with Crippen molar-refractivity contribution >= 4 is 17.5 Å². The number of hydrogen-bond acceptors (Lipinski definition) is 5. The lowest BCUT2D eigenvalue weighted by Crippen LogP contribution is -2.21. The van der Waals surface area contributed by atoms with Crippen molar-refractivity contribution in [3.8, 4) is 11.8 Å². The van der Waals surface area contributed by atoms with E-state index in [1.807, 2.05) is 4.90 Å². The van der Waals surface area contributed by atoms with Crippen LogP contribution in [0.5, 0.6) is 11.8 Å². The zero-order chi connectivity index (χ0) is 13.9. The molecular weight excluding hydrogens is 283 g/mol. The fourth-order valence-corrected chi connectivity index (χ4v) is 2.18. The number of halogens is 2. The third-order valence-corrected chi connectivity index (χ3v) is 3.16. The van der Waals surface area contributed by atoms with Crippen LogP contribution in [-0.4, -0.2) is 28.0 Å². The van der Waals surface area contributed by atoms with Crippen LogP contribution in [-0.2, 0) is 0 Å². The summed E-state index contributed by atoms with van der Waals surface area (Å²) in [6, 6.07) is 5.72. The Labute approximate surface area is 120 Å². The Kier molecular flexibility index (Phi) is 3.64. The van der Waals surface area contributed by atoms with Crippen LogP contribution >= 0.6 is 11.6 Å². The second-order valence-electron chi connectivity index (χ2n) is 4.44. The van der Waals surface area contributed by atoms with Crippen molar-refractivity contribution in [3.05, 3.63) is 35.4 Å². The van der Waals surface area contributed by atoms with Crippen molar-refractivity contribution in [1.29, 1.82) is 0 Å². The molecule has 0 amide bonds. The highest BCUT2D eigenvalue weighted by atomic mass is 35.5. The third-order valence-electron chi connectivity index (χ3n) is 2.99. The van der Waals surface area contributed by atoms with Gasteiger partial charge in [-0.25, -0.2) is 4.39 Å². The molecule has 1 aliphatic rings. The SMILES string of the molecule is Fc1ccc(Oc2nc(Cl)nc(N3CCCC3)n2)cc1. The molecule has 5 nitrogen and oxygen atoms in total. The molecule has 0 spiro atoms. The molecule has 0 unspecified atom stereocenters. The van der Waals surface area contributed by atoms with Crippen LogP contribution in [0.15, 0.2) is 24.3 Å². The van der Waals surface area contributed by atoms with E-state index in [-0.39, 0.29) is 17.1 Å². The molecule has 0 atom stereocenters. The van der Waals surface area contributed by atoms with Gasteiger partial charge in [-0.2, -0.15) is 15.0 Å². The van der Waals surface area contributed by atoms with E-state index < -0.39 is 0 Å². The van der Waals surface area contributed by atoms with E-state index in [4.69, 9.17) is 16.3 Å². The standard InChI is InChI=1S/C13H12ClFN4O/c14-11-16-12(19-7-1-2-8-19)18-13(17-11)20-10-5-3-9(15)4-6-10/h3-6H,1-2,7-8H2. The lowest BCUT2D eigenvalue weighted by molar-refractivity contribution is 0.438. The predicted molar refractivity (Wildman–Crippen MR) is 72.8 cm³/mol. The van der Waals surface area contributed by atoms with Crippen molar-refractivity contribution < 1.29 is 9.13 Å². The molecule has 1 aliphatic heterocycles. The van der Waals surface area contributed by atoms with E-state index in [0.29, 0.717) is 11.7 Å². The van der Waals surface area contributed by atoms with E-state index in [9.17, 15) is 4.39 Å². The van der Waals surface area contributed by atoms with E-state index in [2.05, 4.69) is 15.0 Å². The first-order valence-electron chi connectivity index (χ1n) is 6.31. The van der Waals surface area contributed by atoms with Crippen molar-refractivity contribution in [3.63, 3.8) is 0 Å².